The molecule has 1 aromatic rings. The zero-order valence-electron chi connectivity index (χ0n) is 10.0. The molecule has 3 nitrogen and oxygen atoms in total. The lowest BCUT2D eigenvalue weighted by Crippen LogP contribution is -2.52. The third kappa shape index (κ3) is 2.97. The summed E-state index contributed by atoms with van der Waals surface area (Å²) in [4.78, 5) is 11.9. The van der Waals surface area contributed by atoms with Gasteiger partial charge in [-0.25, -0.2) is 0 Å². The minimum atomic E-state index is -1.24. The Bertz CT molecular complexity index is 452. The average Bonchev–Trinajstić information content (AvgIpc) is 2.24. The first kappa shape index (κ1) is 13.7. The minimum Gasteiger partial charge on any atom is -0.378 e. The highest BCUT2D eigenvalue weighted by molar-refractivity contribution is 6.34. The Morgan fingerprint density at radius 2 is 1.89 bits per heavy atom. The van der Waals surface area contributed by atoms with Gasteiger partial charge in [-0.05, 0) is 49.9 Å². The molecule has 0 heterocycles. The molecule has 1 saturated carbocycles. The highest BCUT2D eigenvalue weighted by Crippen LogP contribution is 2.32. The molecule has 2 rings (SSSR count). The van der Waals surface area contributed by atoms with Crippen molar-refractivity contribution in [2.75, 3.05) is 0 Å². The van der Waals surface area contributed by atoms with Crippen molar-refractivity contribution in [3.63, 3.8) is 0 Å². The summed E-state index contributed by atoms with van der Waals surface area (Å²) in [7, 11) is 0. The number of nitrogens with one attached hydrogen (secondary N) is 1. The van der Waals surface area contributed by atoms with Crippen LogP contribution in [-0.4, -0.2) is 16.6 Å². The normalized spacial score (nSPS) is 18.9. The summed E-state index contributed by atoms with van der Waals surface area (Å²) < 4.78 is 0. The van der Waals surface area contributed by atoms with Crippen LogP contribution in [0.1, 0.15) is 37.9 Å². The van der Waals surface area contributed by atoms with Crippen LogP contribution in [-0.2, 0) is 4.79 Å². The molecule has 0 saturated heterocycles. The Hall–Kier alpha value is -0.770. The fourth-order valence-electron chi connectivity index (χ4n) is 2.08. The van der Waals surface area contributed by atoms with Crippen molar-refractivity contribution in [3.8, 4) is 0 Å². The SMILES string of the molecule is CC1(NC(=O)C(O)c2cc(Cl)cc(Cl)c2)CCC1. The number of carbonyl (C=O) groups is 1. The van der Waals surface area contributed by atoms with Crippen LogP contribution in [0.4, 0.5) is 0 Å². The number of benzene rings is 1. The van der Waals surface area contributed by atoms with E-state index in [0.29, 0.717) is 15.6 Å². The predicted molar refractivity (Wildman–Crippen MR) is 71.8 cm³/mol. The molecule has 1 aliphatic rings. The van der Waals surface area contributed by atoms with Gasteiger partial charge >= 0.3 is 0 Å². The largest absolute Gasteiger partial charge is 0.378 e. The summed E-state index contributed by atoms with van der Waals surface area (Å²) in [6.45, 7) is 1.98. The Labute approximate surface area is 116 Å². The second kappa shape index (κ2) is 5.08. The average molecular weight is 288 g/mol. The van der Waals surface area contributed by atoms with E-state index in [9.17, 15) is 9.90 Å². The molecule has 2 N–H and O–H groups in total. The molecule has 0 radical (unpaired) electrons. The zero-order chi connectivity index (χ0) is 13.3. The van der Waals surface area contributed by atoms with Crippen LogP contribution >= 0.6 is 23.2 Å². The maximum Gasteiger partial charge on any atom is 0.253 e. The van der Waals surface area contributed by atoms with Crippen LogP contribution in [0.25, 0.3) is 0 Å². The lowest BCUT2D eigenvalue weighted by atomic mass is 9.78. The van der Waals surface area contributed by atoms with E-state index in [1.807, 2.05) is 6.92 Å². The molecule has 1 amide bonds. The van der Waals surface area contributed by atoms with Crippen molar-refractivity contribution in [3.05, 3.63) is 33.8 Å². The molecular formula is C13H15Cl2NO2. The minimum absolute atomic E-state index is 0.180. The molecule has 0 bridgehead atoms. The summed E-state index contributed by atoms with van der Waals surface area (Å²) in [5.41, 5.74) is 0.230. The molecule has 0 aliphatic heterocycles. The van der Waals surface area contributed by atoms with Crippen LogP contribution in [0, 0.1) is 0 Å². The van der Waals surface area contributed by atoms with E-state index >= 15 is 0 Å². The van der Waals surface area contributed by atoms with Crippen LogP contribution in [0.3, 0.4) is 0 Å². The molecule has 18 heavy (non-hydrogen) atoms. The first-order chi connectivity index (χ1) is 8.39. The lowest BCUT2D eigenvalue weighted by Gasteiger charge is -2.39. The topological polar surface area (TPSA) is 49.3 Å². The number of halogens is 2. The fourth-order valence-corrected chi connectivity index (χ4v) is 2.63. The molecule has 98 valence electrons. The molecule has 1 aliphatic carbocycles. The lowest BCUT2D eigenvalue weighted by molar-refractivity contribution is -0.132. The highest BCUT2D eigenvalue weighted by atomic mass is 35.5. The summed E-state index contributed by atoms with van der Waals surface area (Å²) in [6.07, 6.45) is 1.76. The zero-order valence-corrected chi connectivity index (χ0v) is 11.6. The second-order valence-electron chi connectivity index (χ2n) is 5.01. The van der Waals surface area contributed by atoms with Gasteiger partial charge in [0, 0.05) is 15.6 Å². The summed E-state index contributed by atoms with van der Waals surface area (Å²) >= 11 is 11.7. The van der Waals surface area contributed by atoms with Gasteiger partial charge in [-0.15, -0.1) is 0 Å². The van der Waals surface area contributed by atoms with Crippen molar-refractivity contribution < 1.29 is 9.90 Å². The van der Waals surface area contributed by atoms with Crippen molar-refractivity contribution in [1.29, 1.82) is 0 Å². The highest BCUT2D eigenvalue weighted by Gasteiger charge is 2.35. The Balaban J connectivity index is 2.10. The Morgan fingerprint density at radius 3 is 2.33 bits per heavy atom. The van der Waals surface area contributed by atoms with Gasteiger partial charge in [0.1, 0.15) is 0 Å². The Kier molecular flexibility index (Phi) is 3.85. The molecule has 0 aromatic heterocycles. The number of hydrogen-bond acceptors (Lipinski definition) is 2. The maximum atomic E-state index is 11.9. The number of amides is 1. The quantitative estimate of drug-likeness (QED) is 0.898. The fraction of sp³-hybridized carbons (Fsp3) is 0.462. The standard InChI is InChI=1S/C13H15Cl2NO2/c1-13(3-2-4-13)16-12(18)11(17)8-5-9(14)7-10(15)6-8/h5-7,11,17H,2-4H2,1H3,(H,16,18). The summed E-state index contributed by atoms with van der Waals surface area (Å²) in [5.74, 6) is -0.407. The van der Waals surface area contributed by atoms with Gasteiger partial charge in [-0.3, -0.25) is 4.79 Å². The monoisotopic (exact) mass is 287 g/mol. The van der Waals surface area contributed by atoms with E-state index in [4.69, 9.17) is 23.2 Å². The number of carbonyl (C=O) groups excluding carboxylic acids is 1. The second-order valence-corrected chi connectivity index (χ2v) is 5.88. The summed E-state index contributed by atoms with van der Waals surface area (Å²) in [5, 5.41) is 13.7. The van der Waals surface area contributed by atoms with Gasteiger partial charge < -0.3 is 10.4 Å². The first-order valence-corrected chi connectivity index (χ1v) is 6.61. The smallest absolute Gasteiger partial charge is 0.253 e. The predicted octanol–water partition coefficient (Wildman–Crippen LogP) is 3.09. The van der Waals surface area contributed by atoms with E-state index in [0.717, 1.165) is 19.3 Å². The van der Waals surface area contributed by atoms with Gasteiger partial charge in [0.25, 0.3) is 5.91 Å². The van der Waals surface area contributed by atoms with E-state index < -0.39 is 12.0 Å². The van der Waals surface area contributed by atoms with Crippen LogP contribution in [0.5, 0.6) is 0 Å². The Morgan fingerprint density at radius 1 is 1.33 bits per heavy atom. The third-order valence-electron chi connectivity index (χ3n) is 3.33. The molecule has 1 aromatic carbocycles. The third-order valence-corrected chi connectivity index (χ3v) is 3.77. The van der Waals surface area contributed by atoms with Gasteiger partial charge in [0.15, 0.2) is 6.10 Å². The van der Waals surface area contributed by atoms with Crippen LogP contribution in [0.15, 0.2) is 18.2 Å². The van der Waals surface area contributed by atoms with E-state index in [1.165, 1.54) is 0 Å². The van der Waals surface area contributed by atoms with Crippen molar-refractivity contribution in [2.24, 2.45) is 0 Å². The first-order valence-electron chi connectivity index (χ1n) is 5.86. The van der Waals surface area contributed by atoms with Gasteiger partial charge in [-0.2, -0.15) is 0 Å². The number of aliphatic hydroxyl groups excluding tert-OH is 1. The number of hydrogen-bond donors (Lipinski definition) is 2. The van der Waals surface area contributed by atoms with Gasteiger partial charge in [0.2, 0.25) is 0 Å². The number of aliphatic hydroxyl groups is 1. The van der Waals surface area contributed by atoms with E-state index in [1.54, 1.807) is 18.2 Å². The van der Waals surface area contributed by atoms with Gasteiger partial charge in [0.05, 0.1) is 0 Å². The summed E-state index contributed by atoms with van der Waals surface area (Å²) in [6, 6.07) is 4.64. The maximum absolute atomic E-state index is 11.9. The van der Waals surface area contributed by atoms with Crippen molar-refractivity contribution in [2.45, 2.75) is 37.8 Å². The van der Waals surface area contributed by atoms with Gasteiger partial charge in [-0.1, -0.05) is 23.2 Å². The molecule has 1 atom stereocenters. The van der Waals surface area contributed by atoms with Crippen LogP contribution < -0.4 is 5.32 Å². The van der Waals surface area contributed by atoms with Crippen molar-refractivity contribution in [1.82, 2.24) is 5.32 Å². The molecule has 5 heteroatoms. The molecule has 1 fully saturated rings. The van der Waals surface area contributed by atoms with Crippen LogP contribution in [0.2, 0.25) is 10.0 Å². The molecular weight excluding hydrogens is 273 g/mol. The molecule has 1 unspecified atom stereocenters. The van der Waals surface area contributed by atoms with E-state index in [2.05, 4.69) is 5.32 Å². The number of rotatable bonds is 3. The van der Waals surface area contributed by atoms with E-state index in [-0.39, 0.29) is 5.54 Å². The molecule has 0 spiro atoms. The van der Waals surface area contributed by atoms with Crippen molar-refractivity contribution >= 4 is 29.1 Å².